The molecule has 0 radical (unpaired) electrons. The molecule has 0 atom stereocenters. The van der Waals surface area contributed by atoms with E-state index in [2.05, 4.69) is 40.8 Å². The fourth-order valence-corrected chi connectivity index (χ4v) is 3.21. The van der Waals surface area contributed by atoms with Crippen LogP contribution in [0.3, 0.4) is 0 Å². The van der Waals surface area contributed by atoms with E-state index in [0.717, 1.165) is 21.2 Å². The summed E-state index contributed by atoms with van der Waals surface area (Å²) >= 11 is 1.38. The van der Waals surface area contributed by atoms with Crippen molar-refractivity contribution in [1.29, 1.82) is 0 Å². The highest BCUT2D eigenvalue weighted by atomic mass is 32.1. The molecule has 0 fully saturated rings. The molecule has 1 N–H and O–H groups in total. The Balaban J connectivity index is 1.95. The van der Waals surface area contributed by atoms with E-state index < -0.39 is 0 Å². The van der Waals surface area contributed by atoms with Gasteiger partial charge in [0.15, 0.2) is 0 Å². The Morgan fingerprint density at radius 1 is 0.800 bits per heavy atom. The number of benzene rings is 3. The molecule has 0 amide bonds. The SMILES string of the molecule is O=c1[nH]sc2ccc(-c3ccc4ccccc4c3)cc12. The fraction of sp³-hybridized carbons (Fsp3) is 0. The van der Waals surface area contributed by atoms with Crippen LogP contribution in [0.2, 0.25) is 0 Å². The number of H-pyrrole nitrogens is 1. The monoisotopic (exact) mass is 277 g/mol. The van der Waals surface area contributed by atoms with Crippen molar-refractivity contribution in [2.75, 3.05) is 0 Å². The molecule has 0 aliphatic rings. The molecular weight excluding hydrogens is 266 g/mol. The molecule has 3 aromatic carbocycles. The highest BCUT2D eigenvalue weighted by molar-refractivity contribution is 7.13. The number of rotatable bonds is 1. The zero-order chi connectivity index (χ0) is 13.5. The van der Waals surface area contributed by atoms with Gasteiger partial charge in [-0.3, -0.25) is 9.17 Å². The highest BCUT2D eigenvalue weighted by Gasteiger charge is 2.05. The average Bonchev–Trinajstić information content (AvgIpc) is 2.88. The van der Waals surface area contributed by atoms with Crippen molar-refractivity contribution < 1.29 is 0 Å². The number of nitrogens with one attached hydrogen (secondary N) is 1. The van der Waals surface area contributed by atoms with Crippen molar-refractivity contribution >= 4 is 32.4 Å². The Morgan fingerprint density at radius 3 is 2.45 bits per heavy atom. The molecule has 4 aromatic rings. The molecule has 0 spiro atoms. The molecule has 0 unspecified atom stereocenters. The van der Waals surface area contributed by atoms with Gasteiger partial charge in [-0.05, 0) is 40.1 Å². The maximum atomic E-state index is 11.7. The van der Waals surface area contributed by atoms with Gasteiger partial charge in [0.05, 0.1) is 10.1 Å². The lowest BCUT2D eigenvalue weighted by Gasteiger charge is -2.04. The minimum Gasteiger partial charge on any atom is -0.277 e. The van der Waals surface area contributed by atoms with Gasteiger partial charge < -0.3 is 0 Å². The van der Waals surface area contributed by atoms with Crippen LogP contribution >= 0.6 is 11.5 Å². The third-order valence-corrected chi connectivity index (χ3v) is 4.42. The Hall–Kier alpha value is -2.39. The van der Waals surface area contributed by atoms with E-state index >= 15 is 0 Å². The third kappa shape index (κ3) is 1.75. The molecule has 4 rings (SSSR count). The second-order valence-corrected chi connectivity index (χ2v) is 5.65. The maximum absolute atomic E-state index is 11.7. The van der Waals surface area contributed by atoms with Crippen molar-refractivity contribution in [2.45, 2.75) is 0 Å². The van der Waals surface area contributed by atoms with Gasteiger partial charge in [0.2, 0.25) is 0 Å². The summed E-state index contributed by atoms with van der Waals surface area (Å²) in [6.45, 7) is 0. The van der Waals surface area contributed by atoms with Gasteiger partial charge in [0.1, 0.15) is 0 Å². The van der Waals surface area contributed by atoms with Crippen molar-refractivity contribution in [1.82, 2.24) is 4.37 Å². The second-order valence-electron chi connectivity index (χ2n) is 4.81. The Bertz CT molecular complexity index is 981. The molecule has 0 saturated carbocycles. The summed E-state index contributed by atoms with van der Waals surface area (Å²) < 4.78 is 3.77. The first kappa shape index (κ1) is 11.4. The average molecular weight is 277 g/mol. The largest absolute Gasteiger partial charge is 0.277 e. The van der Waals surface area contributed by atoms with E-state index in [1.807, 2.05) is 24.3 Å². The first-order valence-electron chi connectivity index (χ1n) is 6.42. The van der Waals surface area contributed by atoms with Gasteiger partial charge in [-0.1, -0.05) is 54.0 Å². The van der Waals surface area contributed by atoms with Crippen LogP contribution < -0.4 is 5.56 Å². The zero-order valence-corrected chi connectivity index (χ0v) is 11.4. The number of hydrogen-bond acceptors (Lipinski definition) is 2. The zero-order valence-electron chi connectivity index (χ0n) is 10.6. The smallest absolute Gasteiger partial charge is 0.265 e. The van der Waals surface area contributed by atoms with Crippen LogP contribution in [0, 0.1) is 0 Å². The fourth-order valence-electron chi connectivity index (χ4n) is 2.50. The van der Waals surface area contributed by atoms with Crippen molar-refractivity contribution in [2.24, 2.45) is 0 Å². The number of hydrogen-bond donors (Lipinski definition) is 1. The van der Waals surface area contributed by atoms with Crippen LogP contribution in [-0.4, -0.2) is 4.37 Å². The molecule has 2 nitrogen and oxygen atoms in total. The Labute approximate surface area is 119 Å². The minimum absolute atomic E-state index is 0.00682. The van der Waals surface area contributed by atoms with Crippen molar-refractivity contribution in [3.8, 4) is 11.1 Å². The molecule has 0 aliphatic heterocycles. The number of aromatic amines is 1. The van der Waals surface area contributed by atoms with Crippen LogP contribution in [0.5, 0.6) is 0 Å². The van der Waals surface area contributed by atoms with Gasteiger partial charge in [-0.2, -0.15) is 0 Å². The standard InChI is InChI=1S/C17H11NOS/c19-17-15-10-14(7-8-16(15)20-18-17)13-6-5-11-3-1-2-4-12(11)9-13/h1-10H,(H,18,19). The molecule has 1 heterocycles. The van der Waals surface area contributed by atoms with E-state index in [-0.39, 0.29) is 5.56 Å². The predicted octanol–water partition coefficient (Wildman–Crippen LogP) is 4.41. The summed E-state index contributed by atoms with van der Waals surface area (Å²) in [6, 6.07) is 20.7. The quantitative estimate of drug-likeness (QED) is 0.549. The number of aromatic nitrogens is 1. The minimum atomic E-state index is -0.00682. The molecule has 0 bridgehead atoms. The molecule has 96 valence electrons. The van der Waals surface area contributed by atoms with Gasteiger partial charge in [0, 0.05) is 0 Å². The van der Waals surface area contributed by atoms with E-state index in [4.69, 9.17) is 0 Å². The Morgan fingerprint density at radius 2 is 1.55 bits per heavy atom. The van der Waals surface area contributed by atoms with E-state index in [0.29, 0.717) is 0 Å². The van der Waals surface area contributed by atoms with E-state index in [9.17, 15) is 4.79 Å². The van der Waals surface area contributed by atoms with Crippen molar-refractivity contribution in [3.05, 3.63) is 71.0 Å². The topological polar surface area (TPSA) is 32.9 Å². The summed E-state index contributed by atoms with van der Waals surface area (Å²) in [5.74, 6) is 0. The van der Waals surface area contributed by atoms with Gasteiger partial charge >= 0.3 is 0 Å². The first-order valence-corrected chi connectivity index (χ1v) is 7.23. The van der Waals surface area contributed by atoms with E-state index in [1.165, 1.54) is 22.3 Å². The predicted molar refractivity (Wildman–Crippen MR) is 85.4 cm³/mol. The first-order chi connectivity index (χ1) is 9.81. The lowest BCUT2D eigenvalue weighted by molar-refractivity contribution is 1.46. The molecule has 3 heteroatoms. The van der Waals surface area contributed by atoms with Crippen molar-refractivity contribution in [3.63, 3.8) is 0 Å². The molecule has 0 saturated heterocycles. The van der Waals surface area contributed by atoms with Crippen LogP contribution in [0.15, 0.2) is 65.5 Å². The van der Waals surface area contributed by atoms with Crippen LogP contribution in [0.1, 0.15) is 0 Å². The van der Waals surface area contributed by atoms with Crippen LogP contribution in [0.4, 0.5) is 0 Å². The summed E-state index contributed by atoms with van der Waals surface area (Å²) in [6.07, 6.45) is 0. The molecule has 1 aromatic heterocycles. The lowest BCUT2D eigenvalue weighted by atomic mass is 10.0. The van der Waals surface area contributed by atoms with Gasteiger partial charge in [-0.15, -0.1) is 0 Å². The summed E-state index contributed by atoms with van der Waals surface area (Å²) in [7, 11) is 0. The van der Waals surface area contributed by atoms with Crippen LogP contribution in [0.25, 0.3) is 32.0 Å². The lowest BCUT2D eigenvalue weighted by Crippen LogP contribution is -1.95. The normalized spacial score (nSPS) is 11.2. The summed E-state index contributed by atoms with van der Waals surface area (Å²) in [5.41, 5.74) is 2.20. The highest BCUT2D eigenvalue weighted by Crippen LogP contribution is 2.27. The van der Waals surface area contributed by atoms with E-state index in [1.54, 1.807) is 0 Å². The molecular formula is C17H11NOS. The van der Waals surface area contributed by atoms with Crippen LogP contribution in [-0.2, 0) is 0 Å². The summed E-state index contributed by atoms with van der Waals surface area (Å²) in [5, 5.41) is 3.20. The Kier molecular flexibility index (Phi) is 2.47. The summed E-state index contributed by atoms with van der Waals surface area (Å²) in [4.78, 5) is 11.7. The van der Waals surface area contributed by atoms with Gasteiger partial charge in [-0.25, -0.2) is 0 Å². The third-order valence-electron chi connectivity index (χ3n) is 3.56. The molecule has 20 heavy (non-hydrogen) atoms. The number of fused-ring (bicyclic) bond motifs is 2. The second kappa shape index (κ2) is 4.32. The van der Waals surface area contributed by atoms with Gasteiger partial charge in [0.25, 0.3) is 5.56 Å². The molecule has 0 aliphatic carbocycles. The maximum Gasteiger partial charge on any atom is 0.265 e.